The van der Waals surface area contributed by atoms with Crippen LogP contribution in [0.2, 0.25) is 0 Å². The van der Waals surface area contributed by atoms with Crippen LogP contribution in [0, 0.1) is 11.3 Å². The van der Waals surface area contributed by atoms with Crippen LogP contribution in [0.4, 0.5) is 5.69 Å². The summed E-state index contributed by atoms with van der Waals surface area (Å²) in [4.78, 5) is 23.5. The van der Waals surface area contributed by atoms with E-state index in [0.717, 1.165) is 6.42 Å². The van der Waals surface area contributed by atoms with Crippen LogP contribution in [0.15, 0.2) is 42.5 Å². The van der Waals surface area contributed by atoms with E-state index in [2.05, 4.69) is 5.32 Å². The number of aromatic carboxylic acids is 1. The summed E-state index contributed by atoms with van der Waals surface area (Å²) in [6, 6.07) is 12.5. The number of hydrogen-bond donors (Lipinski definition) is 2. The number of carboxylic acids is 1. The van der Waals surface area contributed by atoms with Gasteiger partial charge in [-0.2, -0.15) is 5.26 Å². The summed E-state index contributed by atoms with van der Waals surface area (Å²) >= 11 is 0. The molecule has 6 heteroatoms. The van der Waals surface area contributed by atoms with Crippen LogP contribution in [0.1, 0.15) is 39.6 Å². The van der Waals surface area contributed by atoms with E-state index in [1.807, 2.05) is 13.0 Å². The third-order valence-corrected chi connectivity index (χ3v) is 3.22. The van der Waals surface area contributed by atoms with Crippen molar-refractivity contribution in [2.75, 3.05) is 11.9 Å². The molecule has 122 valence electrons. The van der Waals surface area contributed by atoms with E-state index in [9.17, 15) is 14.7 Å². The van der Waals surface area contributed by atoms with Gasteiger partial charge in [-0.3, -0.25) is 4.79 Å². The zero-order valence-corrected chi connectivity index (χ0v) is 13.1. The predicted octanol–water partition coefficient (Wildman–Crippen LogP) is 3.30. The Morgan fingerprint density at radius 3 is 2.50 bits per heavy atom. The Balaban J connectivity index is 2.17. The number of nitriles is 1. The number of carbonyl (C=O) groups is 2. The lowest BCUT2D eigenvalue weighted by molar-refractivity contribution is 0.0698. The molecule has 0 aromatic heterocycles. The number of nitrogens with one attached hydrogen (secondary N) is 1. The number of carboxylic acid groups (broad SMARTS) is 1. The zero-order chi connectivity index (χ0) is 17.5. The van der Waals surface area contributed by atoms with E-state index in [-0.39, 0.29) is 16.8 Å². The summed E-state index contributed by atoms with van der Waals surface area (Å²) in [5.41, 5.74) is 0.588. The van der Waals surface area contributed by atoms with Crippen LogP contribution in [0.25, 0.3) is 0 Å². The zero-order valence-electron chi connectivity index (χ0n) is 13.1. The Bertz CT molecular complexity index is 792. The molecule has 2 aromatic rings. The second-order valence-corrected chi connectivity index (χ2v) is 5.00. The monoisotopic (exact) mass is 324 g/mol. The summed E-state index contributed by atoms with van der Waals surface area (Å²) in [7, 11) is 0. The van der Waals surface area contributed by atoms with Crippen molar-refractivity contribution in [3.05, 3.63) is 59.2 Å². The number of amides is 1. The highest BCUT2D eigenvalue weighted by molar-refractivity contribution is 6.07. The summed E-state index contributed by atoms with van der Waals surface area (Å²) in [5, 5.41) is 20.6. The van der Waals surface area contributed by atoms with Gasteiger partial charge in [0.15, 0.2) is 0 Å². The Labute approximate surface area is 139 Å². The average Bonchev–Trinajstić information content (AvgIpc) is 2.60. The molecule has 0 aliphatic heterocycles. The molecule has 0 unspecified atom stereocenters. The van der Waals surface area contributed by atoms with Gasteiger partial charge in [0, 0.05) is 5.56 Å². The average molecular weight is 324 g/mol. The molecule has 0 fully saturated rings. The number of hydrogen-bond acceptors (Lipinski definition) is 4. The molecule has 2 aromatic carbocycles. The fourth-order valence-electron chi connectivity index (χ4n) is 2.02. The molecule has 0 aliphatic rings. The van der Waals surface area contributed by atoms with E-state index in [1.54, 1.807) is 24.3 Å². The van der Waals surface area contributed by atoms with Crippen molar-refractivity contribution in [3.63, 3.8) is 0 Å². The molecule has 0 spiro atoms. The molecular formula is C18H16N2O4. The second kappa shape index (κ2) is 7.79. The second-order valence-electron chi connectivity index (χ2n) is 5.00. The summed E-state index contributed by atoms with van der Waals surface area (Å²) in [5.74, 6) is -0.993. The van der Waals surface area contributed by atoms with Crippen LogP contribution >= 0.6 is 0 Å². The largest absolute Gasteiger partial charge is 0.494 e. The first kappa shape index (κ1) is 17.0. The maximum atomic E-state index is 12.3. The van der Waals surface area contributed by atoms with Gasteiger partial charge in [-0.1, -0.05) is 6.92 Å². The van der Waals surface area contributed by atoms with Gasteiger partial charge >= 0.3 is 5.97 Å². The van der Waals surface area contributed by atoms with E-state index >= 15 is 0 Å². The quantitative estimate of drug-likeness (QED) is 0.849. The first-order valence-electron chi connectivity index (χ1n) is 7.36. The molecule has 2 N–H and O–H groups in total. The normalized spacial score (nSPS) is 9.83. The third kappa shape index (κ3) is 4.11. The molecule has 0 saturated heterocycles. The lowest BCUT2D eigenvalue weighted by atomic mass is 10.1. The summed E-state index contributed by atoms with van der Waals surface area (Å²) < 4.78 is 5.44. The molecule has 0 heterocycles. The minimum Gasteiger partial charge on any atom is -0.494 e. The maximum Gasteiger partial charge on any atom is 0.337 e. The van der Waals surface area contributed by atoms with Gasteiger partial charge < -0.3 is 15.2 Å². The van der Waals surface area contributed by atoms with Gasteiger partial charge in [0.25, 0.3) is 5.91 Å². The molecule has 24 heavy (non-hydrogen) atoms. The van der Waals surface area contributed by atoms with E-state index in [1.165, 1.54) is 18.2 Å². The van der Waals surface area contributed by atoms with E-state index < -0.39 is 11.9 Å². The molecule has 6 nitrogen and oxygen atoms in total. The van der Waals surface area contributed by atoms with Gasteiger partial charge in [-0.25, -0.2) is 4.79 Å². The van der Waals surface area contributed by atoms with Crippen LogP contribution in [-0.4, -0.2) is 23.6 Å². The first-order valence-corrected chi connectivity index (χ1v) is 7.36. The minimum absolute atomic E-state index is 0.134. The molecule has 0 bridgehead atoms. The Hall–Kier alpha value is -3.33. The minimum atomic E-state index is -1.22. The molecule has 1 amide bonds. The highest BCUT2D eigenvalue weighted by atomic mass is 16.5. The smallest absolute Gasteiger partial charge is 0.337 e. The van der Waals surface area contributed by atoms with Crippen molar-refractivity contribution in [2.24, 2.45) is 0 Å². The van der Waals surface area contributed by atoms with Crippen molar-refractivity contribution in [1.29, 1.82) is 5.26 Å². The lowest BCUT2D eigenvalue weighted by Gasteiger charge is -2.10. The number of anilines is 1. The first-order chi connectivity index (χ1) is 11.5. The maximum absolute atomic E-state index is 12.3. The highest BCUT2D eigenvalue weighted by Gasteiger charge is 2.14. The van der Waals surface area contributed by atoms with Gasteiger partial charge in [-0.15, -0.1) is 0 Å². The fraction of sp³-hybridized carbons (Fsp3) is 0.167. The van der Waals surface area contributed by atoms with E-state index in [0.29, 0.717) is 17.9 Å². The topological polar surface area (TPSA) is 99.4 Å². The number of benzene rings is 2. The molecule has 0 saturated carbocycles. The number of rotatable bonds is 6. The fourth-order valence-corrected chi connectivity index (χ4v) is 2.02. The van der Waals surface area contributed by atoms with Gasteiger partial charge in [0.1, 0.15) is 5.75 Å². The SMILES string of the molecule is CCCOc1ccc(C(=O)Nc2ccc(C#N)cc2C(=O)O)cc1. The summed E-state index contributed by atoms with van der Waals surface area (Å²) in [6.07, 6.45) is 0.888. The third-order valence-electron chi connectivity index (χ3n) is 3.22. The molecule has 0 aliphatic carbocycles. The van der Waals surface area contributed by atoms with Crippen LogP contribution in [0.5, 0.6) is 5.75 Å². The van der Waals surface area contributed by atoms with Crippen molar-refractivity contribution in [3.8, 4) is 11.8 Å². The van der Waals surface area contributed by atoms with Crippen LogP contribution in [-0.2, 0) is 0 Å². The van der Waals surface area contributed by atoms with Gasteiger partial charge in [-0.05, 0) is 48.9 Å². The van der Waals surface area contributed by atoms with Crippen LogP contribution in [0.3, 0.4) is 0 Å². The van der Waals surface area contributed by atoms with Crippen molar-refractivity contribution < 1.29 is 19.4 Å². The highest BCUT2D eigenvalue weighted by Crippen LogP contribution is 2.19. The predicted molar refractivity (Wildman–Crippen MR) is 88.3 cm³/mol. The number of ether oxygens (including phenoxy) is 1. The van der Waals surface area contributed by atoms with Crippen LogP contribution < -0.4 is 10.1 Å². The Morgan fingerprint density at radius 1 is 1.21 bits per heavy atom. The molecule has 0 radical (unpaired) electrons. The van der Waals surface area contributed by atoms with Gasteiger partial charge in [0.2, 0.25) is 0 Å². The molecule has 2 rings (SSSR count). The van der Waals surface area contributed by atoms with E-state index in [4.69, 9.17) is 10.00 Å². The van der Waals surface area contributed by atoms with Crippen molar-refractivity contribution >= 4 is 17.6 Å². The Morgan fingerprint density at radius 2 is 1.92 bits per heavy atom. The molecular weight excluding hydrogens is 308 g/mol. The summed E-state index contributed by atoms with van der Waals surface area (Å²) in [6.45, 7) is 2.60. The van der Waals surface area contributed by atoms with Crippen molar-refractivity contribution in [1.82, 2.24) is 0 Å². The number of carbonyl (C=O) groups excluding carboxylic acids is 1. The standard InChI is InChI=1S/C18H16N2O4/c1-2-9-24-14-6-4-13(5-7-14)17(21)20-16-8-3-12(11-19)10-15(16)18(22)23/h3-8,10H,2,9H2,1H3,(H,20,21)(H,22,23). The Kier molecular flexibility index (Phi) is 5.53. The molecule has 0 atom stereocenters. The lowest BCUT2D eigenvalue weighted by Crippen LogP contribution is -2.15. The van der Waals surface area contributed by atoms with Gasteiger partial charge in [0.05, 0.1) is 29.5 Å². The van der Waals surface area contributed by atoms with Crippen molar-refractivity contribution in [2.45, 2.75) is 13.3 Å². The number of nitrogens with zero attached hydrogens (tertiary/aromatic N) is 1.